The van der Waals surface area contributed by atoms with Gasteiger partial charge in [0, 0.05) is 10.4 Å². The number of carbonyl (C=O) groups excluding carboxylic acids is 1. The molecule has 5 heteroatoms. The van der Waals surface area contributed by atoms with Crippen LogP contribution in [-0.4, -0.2) is 11.7 Å². The summed E-state index contributed by atoms with van der Waals surface area (Å²) in [7, 11) is 0. The zero-order valence-corrected chi connectivity index (χ0v) is 14.8. The van der Waals surface area contributed by atoms with Crippen LogP contribution >= 0.6 is 11.3 Å². The number of amidine groups is 1. The molecule has 0 radical (unpaired) electrons. The van der Waals surface area contributed by atoms with Crippen LogP contribution in [0.4, 0.5) is 10.1 Å². The van der Waals surface area contributed by atoms with Crippen LogP contribution in [0.5, 0.6) is 0 Å². The van der Waals surface area contributed by atoms with Crippen molar-refractivity contribution in [3.63, 3.8) is 0 Å². The van der Waals surface area contributed by atoms with Crippen molar-refractivity contribution in [1.29, 1.82) is 0 Å². The maximum absolute atomic E-state index is 13.3. The lowest BCUT2D eigenvalue weighted by molar-refractivity contribution is -0.113. The van der Waals surface area contributed by atoms with Crippen LogP contribution in [0.1, 0.15) is 16.0 Å². The fourth-order valence-electron chi connectivity index (χ4n) is 2.75. The van der Waals surface area contributed by atoms with Crippen LogP contribution in [0.2, 0.25) is 0 Å². The summed E-state index contributed by atoms with van der Waals surface area (Å²) in [5.74, 6) is -0.0198. The Morgan fingerprint density at radius 2 is 1.77 bits per heavy atom. The van der Waals surface area contributed by atoms with E-state index in [4.69, 9.17) is 0 Å². The number of halogens is 1. The van der Waals surface area contributed by atoms with Crippen molar-refractivity contribution in [3.05, 3.63) is 93.6 Å². The van der Waals surface area contributed by atoms with Crippen molar-refractivity contribution in [1.82, 2.24) is 0 Å². The maximum atomic E-state index is 13.3. The molecule has 2 aromatic carbocycles. The first-order valence-electron chi connectivity index (χ1n) is 8.13. The molecule has 1 aliphatic heterocycles. The zero-order valence-electron chi connectivity index (χ0n) is 14.0. The lowest BCUT2D eigenvalue weighted by Gasteiger charge is -2.18. The number of hydrogen-bond donors (Lipinski definition) is 0. The summed E-state index contributed by atoms with van der Waals surface area (Å²) >= 11 is 1.54. The minimum absolute atomic E-state index is 0.222. The summed E-state index contributed by atoms with van der Waals surface area (Å²) in [6.07, 6.45) is 1.78. The van der Waals surface area contributed by atoms with E-state index in [1.165, 1.54) is 17.0 Å². The van der Waals surface area contributed by atoms with E-state index in [1.807, 2.05) is 48.7 Å². The molecule has 0 fully saturated rings. The second-order valence-corrected chi connectivity index (χ2v) is 6.94. The van der Waals surface area contributed by atoms with Crippen molar-refractivity contribution < 1.29 is 9.18 Å². The molecule has 2 heterocycles. The van der Waals surface area contributed by atoms with Gasteiger partial charge < -0.3 is 0 Å². The minimum Gasteiger partial charge on any atom is -0.266 e. The summed E-state index contributed by atoms with van der Waals surface area (Å²) < 4.78 is 13.3. The molecule has 0 atom stereocenters. The SMILES string of the molecule is Cc1ccc(C2=N/C(=C/c3cccs3)C(=O)N2c2ccc(F)cc2)cc1. The fourth-order valence-corrected chi connectivity index (χ4v) is 3.40. The second kappa shape index (κ2) is 6.69. The van der Waals surface area contributed by atoms with Crippen molar-refractivity contribution in [2.45, 2.75) is 6.92 Å². The number of thiophene rings is 1. The van der Waals surface area contributed by atoms with Gasteiger partial charge in [-0.2, -0.15) is 0 Å². The highest BCUT2D eigenvalue weighted by Crippen LogP contribution is 2.28. The zero-order chi connectivity index (χ0) is 18.1. The highest BCUT2D eigenvalue weighted by atomic mass is 32.1. The highest BCUT2D eigenvalue weighted by Gasteiger charge is 2.32. The largest absolute Gasteiger partial charge is 0.282 e. The lowest BCUT2D eigenvalue weighted by atomic mass is 10.1. The molecule has 3 nitrogen and oxygen atoms in total. The van der Waals surface area contributed by atoms with Gasteiger partial charge in [0.25, 0.3) is 5.91 Å². The van der Waals surface area contributed by atoms with Crippen molar-refractivity contribution in [3.8, 4) is 0 Å². The monoisotopic (exact) mass is 362 g/mol. The van der Waals surface area contributed by atoms with Crippen molar-refractivity contribution >= 4 is 34.8 Å². The molecule has 128 valence electrons. The van der Waals surface area contributed by atoms with Gasteiger partial charge in [0.05, 0.1) is 5.69 Å². The van der Waals surface area contributed by atoms with Crippen LogP contribution in [0.25, 0.3) is 6.08 Å². The quantitative estimate of drug-likeness (QED) is 0.602. The van der Waals surface area contributed by atoms with Crippen LogP contribution in [-0.2, 0) is 4.79 Å². The topological polar surface area (TPSA) is 32.7 Å². The molecular weight excluding hydrogens is 347 g/mol. The maximum Gasteiger partial charge on any atom is 0.282 e. The molecule has 0 N–H and O–H groups in total. The number of rotatable bonds is 3. The van der Waals surface area contributed by atoms with Gasteiger partial charge in [-0.25, -0.2) is 9.38 Å². The average molecular weight is 362 g/mol. The van der Waals surface area contributed by atoms with E-state index in [0.717, 1.165) is 16.0 Å². The minimum atomic E-state index is -0.344. The van der Waals surface area contributed by atoms with Gasteiger partial charge in [-0.05, 0) is 48.7 Å². The molecule has 0 aliphatic carbocycles. The summed E-state index contributed by atoms with van der Waals surface area (Å²) in [6, 6.07) is 17.6. The van der Waals surface area contributed by atoms with Crippen LogP contribution < -0.4 is 4.90 Å². The molecular formula is C21H15FN2OS. The normalized spacial score (nSPS) is 15.6. The van der Waals surface area contributed by atoms with E-state index in [1.54, 1.807) is 29.5 Å². The highest BCUT2D eigenvalue weighted by molar-refractivity contribution is 7.10. The Labute approximate surface area is 154 Å². The first kappa shape index (κ1) is 16.4. The number of amides is 1. The Morgan fingerprint density at radius 3 is 2.42 bits per heavy atom. The van der Waals surface area contributed by atoms with Crippen LogP contribution in [0.3, 0.4) is 0 Å². The third-order valence-corrected chi connectivity index (χ3v) is 4.90. The Bertz CT molecular complexity index is 1000. The molecule has 3 aromatic rings. The molecule has 4 rings (SSSR count). The Balaban J connectivity index is 1.82. The molecule has 0 spiro atoms. The lowest BCUT2D eigenvalue weighted by Crippen LogP contribution is -2.32. The number of aliphatic imine (C=N–C) groups is 1. The van der Waals surface area contributed by atoms with Gasteiger partial charge >= 0.3 is 0 Å². The van der Waals surface area contributed by atoms with Gasteiger partial charge in [-0.15, -0.1) is 11.3 Å². The molecule has 1 aromatic heterocycles. The smallest absolute Gasteiger partial charge is 0.266 e. The fraction of sp³-hybridized carbons (Fsp3) is 0.0476. The number of anilines is 1. The average Bonchev–Trinajstić information content (AvgIpc) is 3.26. The number of aryl methyl sites for hydroxylation is 1. The Morgan fingerprint density at radius 1 is 1.04 bits per heavy atom. The summed E-state index contributed by atoms with van der Waals surface area (Å²) in [6.45, 7) is 2.01. The molecule has 0 saturated heterocycles. The van der Waals surface area contributed by atoms with E-state index in [9.17, 15) is 9.18 Å². The van der Waals surface area contributed by atoms with E-state index < -0.39 is 0 Å². The first-order valence-corrected chi connectivity index (χ1v) is 9.01. The summed E-state index contributed by atoms with van der Waals surface area (Å²) in [4.78, 5) is 20.1. The van der Waals surface area contributed by atoms with Gasteiger partial charge in [0.1, 0.15) is 17.3 Å². The van der Waals surface area contributed by atoms with E-state index >= 15 is 0 Å². The number of nitrogens with zero attached hydrogens (tertiary/aromatic N) is 2. The van der Waals surface area contributed by atoms with Gasteiger partial charge in [-0.3, -0.25) is 9.69 Å². The predicted molar refractivity (Wildman–Crippen MR) is 104 cm³/mol. The van der Waals surface area contributed by atoms with Crippen LogP contribution in [0.15, 0.2) is 76.7 Å². The molecule has 0 saturated carbocycles. The van der Waals surface area contributed by atoms with Crippen molar-refractivity contribution in [2.24, 2.45) is 4.99 Å². The van der Waals surface area contributed by atoms with Crippen LogP contribution in [0, 0.1) is 12.7 Å². The number of carbonyl (C=O) groups is 1. The Kier molecular flexibility index (Phi) is 4.22. The Hall–Kier alpha value is -3.05. The molecule has 0 unspecified atom stereocenters. The molecule has 1 aliphatic rings. The molecule has 26 heavy (non-hydrogen) atoms. The molecule has 0 bridgehead atoms. The van der Waals surface area contributed by atoms with E-state index in [0.29, 0.717) is 17.2 Å². The van der Waals surface area contributed by atoms with Crippen molar-refractivity contribution in [2.75, 3.05) is 4.90 Å². The standard InChI is InChI=1S/C21H15FN2OS/c1-14-4-6-15(7-5-14)20-23-19(13-18-3-2-12-26-18)21(25)24(20)17-10-8-16(22)9-11-17/h2-13H,1H3/b19-13+. The van der Waals surface area contributed by atoms with Gasteiger partial charge in [0.2, 0.25) is 0 Å². The van der Waals surface area contributed by atoms with Gasteiger partial charge in [0.15, 0.2) is 0 Å². The third-order valence-electron chi connectivity index (χ3n) is 4.08. The summed E-state index contributed by atoms with van der Waals surface area (Å²) in [5, 5.41) is 1.95. The number of benzene rings is 2. The predicted octanol–water partition coefficient (Wildman–Crippen LogP) is 5.03. The molecule has 1 amide bonds. The van der Waals surface area contributed by atoms with E-state index in [2.05, 4.69) is 4.99 Å². The summed E-state index contributed by atoms with van der Waals surface area (Å²) in [5.41, 5.74) is 2.92. The van der Waals surface area contributed by atoms with Gasteiger partial charge in [-0.1, -0.05) is 35.9 Å². The third kappa shape index (κ3) is 3.09. The first-order chi connectivity index (χ1) is 12.6. The second-order valence-electron chi connectivity index (χ2n) is 5.96. The number of hydrogen-bond acceptors (Lipinski definition) is 3. The van der Waals surface area contributed by atoms with E-state index in [-0.39, 0.29) is 11.7 Å².